The molecule has 2 rings (SSSR count). The summed E-state index contributed by atoms with van der Waals surface area (Å²) in [6.45, 7) is 7.61. The van der Waals surface area contributed by atoms with Crippen molar-refractivity contribution in [1.82, 2.24) is 5.32 Å². The van der Waals surface area contributed by atoms with E-state index in [-0.39, 0.29) is 6.04 Å². The van der Waals surface area contributed by atoms with Gasteiger partial charge in [-0.15, -0.1) is 0 Å². The fraction of sp³-hybridized carbons (Fsp3) is 0.625. The van der Waals surface area contributed by atoms with Crippen molar-refractivity contribution in [2.24, 2.45) is 5.92 Å². The van der Waals surface area contributed by atoms with Crippen molar-refractivity contribution in [3.05, 3.63) is 29.8 Å². The first-order valence-corrected chi connectivity index (χ1v) is 7.27. The fourth-order valence-electron chi connectivity index (χ4n) is 2.60. The van der Waals surface area contributed by atoms with Gasteiger partial charge in [0.15, 0.2) is 0 Å². The van der Waals surface area contributed by atoms with E-state index >= 15 is 0 Å². The van der Waals surface area contributed by atoms with Crippen molar-refractivity contribution in [3.63, 3.8) is 0 Å². The number of ether oxygens (including phenoxy) is 1. The highest BCUT2D eigenvalue weighted by Crippen LogP contribution is 2.35. The van der Waals surface area contributed by atoms with Crippen molar-refractivity contribution in [2.75, 3.05) is 13.2 Å². The minimum absolute atomic E-state index is 0.259. The Kier molecular flexibility index (Phi) is 4.48. The first kappa shape index (κ1) is 14.4. The predicted molar refractivity (Wildman–Crippen MR) is 77.4 cm³/mol. The third kappa shape index (κ3) is 3.10. The van der Waals surface area contributed by atoms with Crippen molar-refractivity contribution in [1.29, 1.82) is 0 Å². The average molecular weight is 263 g/mol. The van der Waals surface area contributed by atoms with Gasteiger partial charge in [0.2, 0.25) is 0 Å². The molecule has 0 spiro atoms. The Hall–Kier alpha value is -1.06. The van der Waals surface area contributed by atoms with Gasteiger partial charge in [-0.2, -0.15) is 0 Å². The smallest absolute Gasteiger partial charge is 0.124 e. The lowest BCUT2D eigenvalue weighted by Crippen LogP contribution is -2.44. The van der Waals surface area contributed by atoms with E-state index in [1.165, 1.54) is 5.56 Å². The fourth-order valence-corrected chi connectivity index (χ4v) is 2.60. The second-order valence-electron chi connectivity index (χ2n) is 5.62. The molecule has 106 valence electrons. The molecule has 19 heavy (non-hydrogen) atoms. The van der Waals surface area contributed by atoms with Gasteiger partial charge in [0, 0.05) is 24.1 Å². The van der Waals surface area contributed by atoms with E-state index < -0.39 is 5.60 Å². The second kappa shape index (κ2) is 5.93. The molecule has 0 saturated heterocycles. The van der Waals surface area contributed by atoms with E-state index in [1.54, 1.807) is 0 Å². The first-order valence-electron chi connectivity index (χ1n) is 7.27. The zero-order valence-corrected chi connectivity index (χ0v) is 12.1. The summed E-state index contributed by atoms with van der Waals surface area (Å²) in [6, 6.07) is 8.43. The SMILES string of the molecule is CCC(O)(CC)CNC1c2ccccc2OCC1C. The Morgan fingerprint density at radius 2 is 2.00 bits per heavy atom. The average Bonchev–Trinajstić information content (AvgIpc) is 2.46. The third-order valence-electron chi connectivity index (χ3n) is 4.29. The molecule has 1 aromatic carbocycles. The summed E-state index contributed by atoms with van der Waals surface area (Å²) in [7, 11) is 0. The summed E-state index contributed by atoms with van der Waals surface area (Å²) < 4.78 is 5.75. The van der Waals surface area contributed by atoms with E-state index in [2.05, 4.69) is 18.3 Å². The van der Waals surface area contributed by atoms with Gasteiger partial charge in [-0.05, 0) is 18.9 Å². The minimum atomic E-state index is -0.604. The van der Waals surface area contributed by atoms with Crippen LogP contribution in [0.2, 0.25) is 0 Å². The van der Waals surface area contributed by atoms with E-state index in [1.807, 2.05) is 32.0 Å². The Bertz CT molecular complexity index is 415. The summed E-state index contributed by atoms with van der Waals surface area (Å²) in [4.78, 5) is 0. The predicted octanol–water partition coefficient (Wildman–Crippen LogP) is 2.90. The maximum Gasteiger partial charge on any atom is 0.124 e. The lowest BCUT2D eigenvalue weighted by molar-refractivity contribution is 0.0256. The number of nitrogens with one attached hydrogen (secondary N) is 1. The third-order valence-corrected chi connectivity index (χ3v) is 4.29. The Morgan fingerprint density at radius 3 is 2.68 bits per heavy atom. The summed E-state index contributed by atoms with van der Waals surface area (Å²) in [5.74, 6) is 1.38. The van der Waals surface area contributed by atoms with Gasteiger partial charge < -0.3 is 15.2 Å². The lowest BCUT2D eigenvalue weighted by atomic mass is 9.90. The van der Waals surface area contributed by atoms with Crippen molar-refractivity contribution in [3.8, 4) is 5.75 Å². The molecule has 0 amide bonds. The van der Waals surface area contributed by atoms with Crippen LogP contribution in [0.25, 0.3) is 0 Å². The van der Waals surface area contributed by atoms with Crippen LogP contribution in [0.3, 0.4) is 0 Å². The van der Waals surface area contributed by atoms with Gasteiger partial charge in [-0.1, -0.05) is 39.0 Å². The molecule has 2 atom stereocenters. The highest BCUT2D eigenvalue weighted by atomic mass is 16.5. The molecule has 1 aromatic rings. The van der Waals surface area contributed by atoms with Crippen LogP contribution in [-0.4, -0.2) is 23.9 Å². The number of hydrogen-bond acceptors (Lipinski definition) is 3. The van der Waals surface area contributed by atoms with Gasteiger partial charge in [-0.3, -0.25) is 0 Å². The summed E-state index contributed by atoms with van der Waals surface area (Å²) in [5, 5.41) is 13.9. The Morgan fingerprint density at radius 1 is 1.32 bits per heavy atom. The Balaban J connectivity index is 2.11. The molecule has 1 aliphatic rings. The molecule has 0 bridgehead atoms. The van der Waals surface area contributed by atoms with Gasteiger partial charge in [0.1, 0.15) is 5.75 Å². The molecule has 1 heterocycles. The van der Waals surface area contributed by atoms with Crippen molar-refractivity contribution >= 4 is 0 Å². The number of fused-ring (bicyclic) bond motifs is 1. The molecule has 2 N–H and O–H groups in total. The topological polar surface area (TPSA) is 41.5 Å². The Labute approximate surface area is 116 Å². The van der Waals surface area contributed by atoms with E-state index in [0.717, 1.165) is 25.2 Å². The molecule has 1 aliphatic heterocycles. The molecule has 0 aliphatic carbocycles. The van der Waals surface area contributed by atoms with Crippen molar-refractivity contribution in [2.45, 2.75) is 45.3 Å². The summed E-state index contributed by atoms with van der Waals surface area (Å²) in [6.07, 6.45) is 1.55. The summed E-state index contributed by atoms with van der Waals surface area (Å²) in [5.41, 5.74) is 0.600. The van der Waals surface area contributed by atoms with Crippen LogP contribution < -0.4 is 10.1 Å². The van der Waals surface area contributed by atoms with Gasteiger partial charge in [0.05, 0.1) is 12.2 Å². The van der Waals surface area contributed by atoms with Crippen LogP contribution in [0.5, 0.6) is 5.75 Å². The van der Waals surface area contributed by atoms with Crippen LogP contribution in [0.4, 0.5) is 0 Å². The molecule has 0 aromatic heterocycles. The van der Waals surface area contributed by atoms with Crippen LogP contribution in [-0.2, 0) is 0 Å². The van der Waals surface area contributed by atoms with E-state index in [0.29, 0.717) is 12.5 Å². The lowest BCUT2D eigenvalue weighted by Gasteiger charge is -2.35. The van der Waals surface area contributed by atoms with E-state index in [4.69, 9.17) is 4.74 Å². The molecule has 3 nitrogen and oxygen atoms in total. The summed E-state index contributed by atoms with van der Waals surface area (Å²) >= 11 is 0. The maximum absolute atomic E-state index is 10.4. The number of para-hydroxylation sites is 1. The minimum Gasteiger partial charge on any atom is -0.493 e. The van der Waals surface area contributed by atoms with Gasteiger partial charge in [-0.25, -0.2) is 0 Å². The molecule has 3 heteroatoms. The molecular formula is C16H25NO2. The van der Waals surface area contributed by atoms with Crippen molar-refractivity contribution < 1.29 is 9.84 Å². The molecule has 0 fully saturated rings. The number of benzene rings is 1. The van der Waals surface area contributed by atoms with Crippen LogP contribution in [0.15, 0.2) is 24.3 Å². The largest absolute Gasteiger partial charge is 0.493 e. The quantitative estimate of drug-likeness (QED) is 0.858. The zero-order chi connectivity index (χ0) is 13.9. The first-order chi connectivity index (χ1) is 9.09. The highest BCUT2D eigenvalue weighted by molar-refractivity contribution is 5.37. The normalized spacial score (nSPS) is 22.7. The van der Waals surface area contributed by atoms with Crippen LogP contribution in [0.1, 0.15) is 45.2 Å². The molecular weight excluding hydrogens is 238 g/mol. The highest BCUT2D eigenvalue weighted by Gasteiger charge is 2.30. The monoisotopic (exact) mass is 263 g/mol. The van der Waals surface area contributed by atoms with Crippen LogP contribution in [0, 0.1) is 5.92 Å². The van der Waals surface area contributed by atoms with Crippen LogP contribution >= 0.6 is 0 Å². The number of aliphatic hydroxyl groups is 1. The van der Waals surface area contributed by atoms with E-state index in [9.17, 15) is 5.11 Å². The van der Waals surface area contributed by atoms with Gasteiger partial charge in [0.25, 0.3) is 0 Å². The number of hydrogen-bond donors (Lipinski definition) is 2. The zero-order valence-electron chi connectivity index (χ0n) is 12.1. The van der Waals surface area contributed by atoms with Gasteiger partial charge >= 0.3 is 0 Å². The molecule has 0 saturated carbocycles. The molecule has 0 radical (unpaired) electrons. The second-order valence-corrected chi connectivity index (χ2v) is 5.62. The maximum atomic E-state index is 10.4. The standard InChI is InChI=1S/C16H25NO2/c1-4-16(18,5-2)11-17-15-12(3)10-19-14-9-7-6-8-13(14)15/h6-9,12,15,17-18H,4-5,10-11H2,1-3H3. The molecule has 2 unspecified atom stereocenters. The number of rotatable bonds is 5.